The molecule has 2 unspecified atom stereocenters. The van der Waals surface area contributed by atoms with E-state index in [0.717, 1.165) is 18.6 Å². The molecule has 1 saturated heterocycles. The third kappa shape index (κ3) is 3.08. The number of rotatable bonds is 1. The monoisotopic (exact) mass is 351 g/mol. The number of amides is 1. The average molecular weight is 353 g/mol. The van der Waals surface area contributed by atoms with Crippen LogP contribution in [0.3, 0.4) is 0 Å². The Balaban J connectivity index is 2.23. The quantitative estimate of drug-likeness (QED) is 0.555. The van der Waals surface area contributed by atoms with E-state index in [2.05, 4.69) is 22.9 Å². The molecule has 6 heteroatoms. The van der Waals surface area contributed by atoms with Gasteiger partial charge in [0.15, 0.2) is 0 Å². The number of carbonyl (C=O) groups excluding carboxylic acids is 1. The average Bonchev–Trinajstić information content (AvgIpc) is 2.36. The van der Waals surface area contributed by atoms with Gasteiger partial charge < -0.3 is 4.90 Å². The summed E-state index contributed by atoms with van der Waals surface area (Å²) in [5, 5.41) is -0.320. The van der Waals surface area contributed by atoms with E-state index in [9.17, 15) is 13.6 Å². The van der Waals surface area contributed by atoms with Crippen LogP contribution in [0.5, 0.6) is 0 Å². The van der Waals surface area contributed by atoms with Gasteiger partial charge in [-0.3, -0.25) is 4.79 Å². The van der Waals surface area contributed by atoms with E-state index >= 15 is 0 Å². The minimum absolute atomic E-state index is 0.172. The minimum atomic E-state index is -0.791. The van der Waals surface area contributed by atoms with Crippen LogP contribution in [0.1, 0.15) is 23.7 Å². The molecule has 2 rings (SSSR count). The maximum absolute atomic E-state index is 13.7. The Labute approximate surface area is 123 Å². The molecule has 0 radical (unpaired) electrons. The fraction of sp³-hybridized carbons (Fsp3) is 0.462. The lowest BCUT2D eigenvalue weighted by Crippen LogP contribution is -2.43. The van der Waals surface area contributed by atoms with Crippen LogP contribution in [0.15, 0.2) is 12.1 Å². The molecule has 0 bridgehead atoms. The van der Waals surface area contributed by atoms with Crippen LogP contribution in [0.25, 0.3) is 0 Å². The maximum atomic E-state index is 13.7. The van der Waals surface area contributed by atoms with Crippen molar-refractivity contribution in [2.45, 2.75) is 18.2 Å². The summed E-state index contributed by atoms with van der Waals surface area (Å²) in [4.78, 5) is 13.9. The van der Waals surface area contributed by atoms with E-state index < -0.39 is 17.5 Å². The van der Waals surface area contributed by atoms with Gasteiger partial charge in [0.1, 0.15) is 11.6 Å². The highest BCUT2D eigenvalue weighted by molar-refractivity contribution is 9.09. The molecule has 1 aromatic rings. The molecule has 2 atom stereocenters. The van der Waals surface area contributed by atoms with Crippen molar-refractivity contribution >= 4 is 33.4 Å². The summed E-state index contributed by atoms with van der Waals surface area (Å²) < 4.78 is 27.0. The Hall–Kier alpha value is -0.680. The Morgan fingerprint density at radius 3 is 2.74 bits per heavy atom. The van der Waals surface area contributed by atoms with Gasteiger partial charge in [0.25, 0.3) is 5.91 Å². The summed E-state index contributed by atoms with van der Waals surface area (Å²) in [7, 11) is 0. The van der Waals surface area contributed by atoms with E-state index in [1.54, 1.807) is 0 Å². The first kappa shape index (κ1) is 14.7. The van der Waals surface area contributed by atoms with Crippen molar-refractivity contribution in [2.24, 2.45) is 5.92 Å². The molecule has 104 valence electrons. The van der Waals surface area contributed by atoms with Gasteiger partial charge in [0.05, 0.1) is 10.6 Å². The van der Waals surface area contributed by atoms with Gasteiger partial charge in [-0.05, 0) is 24.5 Å². The second-order valence-electron chi connectivity index (χ2n) is 4.78. The molecular weight excluding hydrogens is 340 g/mol. The van der Waals surface area contributed by atoms with Crippen LogP contribution in [-0.2, 0) is 0 Å². The number of hydrogen-bond acceptors (Lipinski definition) is 1. The number of benzene rings is 1. The smallest absolute Gasteiger partial charge is 0.256 e. The molecule has 0 aliphatic carbocycles. The lowest BCUT2D eigenvalue weighted by molar-refractivity contribution is 0.0700. The van der Waals surface area contributed by atoms with Crippen molar-refractivity contribution < 1.29 is 13.6 Å². The van der Waals surface area contributed by atoms with Gasteiger partial charge in [-0.15, -0.1) is 0 Å². The maximum Gasteiger partial charge on any atom is 0.256 e. The molecule has 1 amide bonds. The SMILES string of the molecule is CC1CCN(C(=O)c2cc(F)c(Cl)cc2F)CC1Br. The first-order valence-electron chi connectivity index (χ1n) is 5.98. The van der Waals surface area contributed by atoms with Gasteiger partial charge in [-0.25, -0.2) is 8.78 Å². The zero-order valence-electron chi connectivity index (χ0n) is 10.3. The van der Waals surface area contributed by atoms with Crippen LogP contribution < -0.4 is 0 Å². The summed E-state index contributed by atoms with van der Waals surface area (Å²) in [6, 6.07) is 1.70. The number of nitrogens with zero attached hydrogens (tertiary/aromatic N) is 1. The van der Waals surface area contributed by atoms with Crippen molar-refractivity contribution in [2.75, 3.05) is 13.1 Å². The van der Waals surface area contributed by atoms with E-state index in [1.165, 1.54) is 4.90 Å². The first-order chi connectivity index (χ1) is 8.90. The van der Waals surface area contributed by atoms with E-state index in [-0.39, 0.29) is 15.4 Å². The fourth-order valence-electron chi connectivity index (χ4n) is 2.06. The zero-order chi connectivity index (χ0) is 14.2. The molecule has 1 fully saturated rings. The molecule has 1 aromatic carbocycles. The van der Waals surface area contributed by atoms with E-state index in [4.69, 9.17) is 11.6 Å². The van der Waals surface area contributed by atoms with Gasteiger partial charge >= 0.3 is 0 Å². The number of hydrogen-bond donors (Lipinski definition) is 0. The van der Waals surface area contributed by atoms with Crippen LogP contribution in [-0.4, -0.2) is 28.7 Å². The van der Waals surface area contributed by atoms with Crippen LogP contribution >= 0.6 is 27.5 Å². The third-order valence-corrected chi connectivity index (χ3v) is 4.88. The number of alkyl halides is 1. The number of likely N-dealkylation sites (tertiary alicyclic amines) is 1. The summed E-state index contributed by atoms with van der Waals surface area (Å²) in [5.74, 6) is -1.62. The molecule has 19 heavy (non-hydrogen) atoms. The zero-order valence-corrected chi connectivity index (χ0v) is 12.6. The molecule has 0 N–H and O–H groups in total. The van der Waals surface area contributed by atoms with Crippen LogP contribution in [0.4, 0.5) is 8.78 Å². The first-order valence-corrected chi connectivity index (χ1v) is 7.27. The molecule has 1 aliphatic heterocycles. The molecular formula is C13H13BrClF2NO. The van der Waals surface area contributed by atoms with Gasteiger partial charge in [0.2, 0.25) is 0 Å². The second kappa shape index (κ2) is 5.75. The molecule has 0 spiro atoms. The standard InChI is InChI=1S/C13H13BrClF2NO/c1-7-2-3-18(6-9(7)14)13(19)8-4-12(17)10(15)5-11(8)16/h4-5,7,9H,2-3,6H2,1H3. The Morgan fingerprint density at radius 2 is 2.11 bits per heavy atom. The summed E-state index contributed by atoms with van der Waals surface area (Å²) in [5.41, 5.74) is -0.267. The number of carbonyl (C=O) groups is 1. The summed E-state index contributed by atoms with van der Waals surface area (Å²) >= 11 is 8.97. The Bertz CT molecular complexity index is 512. The molecule has 0 aromatic heterocycles. The highest BCUT2D eigenvalue weighted by Gasteiger charge is 2.29. The Morgan fingerprint density at radius 1 is 1.42 bits per heavy atom. The predicted octanol–water partition coefficient (Wildman–Crippen LogP) is 3.86. The largest absolute Gasteiger partial charge is 0.337 e. The van der Waals surface area contributed by atoms with Gasteiger partial charge in [-0.2, -0.15) is 0 Å². The second-order valence-corrected chi connectivity index (χ2v) is 6.36. The molecule has 1 heterocycles. The van der Waals surface area contributed by atoms with Gasteiger partial charge in [0, 0.05) is 17.9 Å². The lowest BCUT2D eigenvalue weighted by atomic mass is 9.98. The predicted molar refractivity (Wildman–Crippen MR) is 73.8 cm³/mol. The molecule has 2 nitrogen and oxygen atoms in total. The Kier molecular flexibility index (Phi) is 4.46. The van der Waals surface area contributed by atoms with E-state index in [0.29, 0.717) is 19.0 Å². The van der Waals surface area contributed by atoms with Crippen molar-refractivity contribution in [1.29, 1.82) is 0 Å². The third-order valence-electron chi connectivity index (χ3n) is 3.39. The topological polar surface area (TPSA) is 20.3 Å². The highest BCUT2D eigenvalue weighted by Crippen LogP contribution is 2.26. The van der Waals surface area contributed by atoms with Crippen molar-refractivity contribution in [3.8, 4) is 0 Å². The lowest BCUT2D eigenvalue weighted by Gasteiger charge is -2.34. The van der Waals surface area contributed by atoms with Gasteiger partial charge in [-0.1, -0.05) is 34.5 Å². The fourth-order valence-corrected chi connectivity index (χ4v) is 2.83. The summed E-state index contributed by atoms with van der Waals surface area (Å²) in [6.45, 7) is 3.12. The van der Waals surface area contributed by atoms with Crippen molar-refractivity contribution in [1.82, 2.24) is 4.90 Å². The molecule has 1 aliphatic rings. The number of piperidine rings is 1. The van der Waals surface area contributed by atoms with Crippen LogP contribution in [0, 0.1) is 17.6 Å². The van der Waals surface area contributed by atoms with Crippen molar-refractivity contribution in [3.05, 3.63) is 34.4 Å². The molecule has 0 saturated carbocycles. The van der Waals surface area contributed by atoms with Crippen molar-refractivity contribution in [3.63, 3.8) is 0 Å². The normalized spacial score (nSPS) is 23.5. The minimum Gasteiger partial charge on any atom is -0.337 e. The summed E-state index contributed by atoms with van der Waals surface area (Å²) in [6.07, 6.45) is 0.833. The number of halogens is 4. The highest BCUT2D eigenvalue weighted by atomic mass is 79.9. The van der Waals surface area contributed by atoms with E-state index in [1.807, 2.05) is 0 Å². The van der Waals surface area contributed by atoms with Crippen LogP contribution in [0.2, 0.25) is 5.02 Å².